The van der Waals surface area contributed by atoms with Gasteiger partial charge in [-0.15, -0.1) is 0 Å². The first-order valence-corrected chi connectivity index (χ1v) is 20.2. The van der Waals surface area contributed by atoms with Gasteiger partial charge in [0.1, 0.15) is 12.2 Å². The van der Waals surface area contributed by atoms with Crippen LogP contribution in [-0.4, -0.2) is 65.7 Å². The molecule has 3 atom stereocenters. The molecule has 0 fully saturated rings. The van der Waals surface area contributed by atoms with Crippen LogP contribution >= 0.6 is 7.82 Å². The summed E-state index contributed by atoms with van der Waals surface area (Å²) in [6, 6.07) is 0. The first-order valence-electron chi connectivity index (χ1n) is 18.7. The fraction of sp³-hybridized carbons (Fsp3) is 0.692. The molecular weight excluding hydrogens is 659 g/mol. The zero-order valence-electron chi connectivity index (χ0n) is 30.8. The van der Waals surface area contributed by atoms with E-state index in [0.717, 1.165) is 96.3 Å². The maximum absolute atomic E-state index is 12.3. The van der Waals surface area contributed by atoms with E-state index in [4.69, 9.17) is 18.5 Å². The summed E-state index contributed by atoms with van der Waals surface area (Å²) in [5, 5.41) is 19.1. The van der Waals surface area contributed by atoms with Gasteiger partial charge in [0.15, 0.2) is 0 Å². The number of aliphatic hydroxyl groups is 2. The van der Waals surface area contributed by atoms with Crippen LogP contribution in [0, 0.1) is 0 Å². The summed E-state index contributed by atoms with van der Waals surface area (Å²) < 4.78 is 32.4. The van der Waals surface area contributed by atoms with Crippen LogP contribution in [0.15, 0.2) is 60.8 Å². The number of phosphoric acid groups is 1. The van der Waals surface area contributed by atoms with Gasteiger partial charge in [-0.3, -0.25) is 18.6 Å². The lowest BCUT2D eigenvalue weighted by atomic mass is 10.1. The van der Waals surface area contributed by atoms with Crippen molar-refractivity contribution in [3.63, 3.8) is 0 Å². The average molecular weight is 727 g/mol. The summed E-state index contributed by atoms with van der Waals surface area (Å²) in [6.07, 6.45) is 36.3. The van der Waals surface area contributed by atoms with Crippen molar-refractivity contribution < 1.29 is 47.8 Å². The molecule has 0 aromatic heterocycles. The zero-order valence-corrected chi connectivity index (χ0v) is 31.7. The summed E-state index contributed by atoms with van der Waals surface area (Å²) >= 11 is 0. The van der Waals surface area contributed by atoms with Crippen LogP contribution in [-0.2, 0) is 32.7 Å². The van der Waals surface area contributed by atoms with Crippen molar-refractivity contribution in [2.75, 3.05) is 26.4 Å². The van der Waals surface area contributed by atoms with E-state index in [2.05, 4.69) is 74.6 Å². The average Bonchev–Trinajstić information content (AvgIpc) is 3.10. The maximum atomic E-state index is 12.3. The van der Waals surface area contributed by atoms with Crippen LogP contribution < -0.4 is 0 Å². The lowest BCUT2D eigenvalue weighted by Gasteiger charge is -2.20. The number of ether oxygens (including phenoxy) is 2. The minimum atomic E-state index is -4.64. The summed E-state index contributed by atoms with van der Waals surface area (Å²) in [5.74, 6) is -1.06. The Balaban J connectivity index is 4.04. The van der Waals surface area contributed by atoms with E-state index in [1.54, 1.807) is 0 Å². The molecule has 0 saturated carbocycles. The van der Waals surface area contributed by atoms with Gasteiger partial charge in [0.2, 0.25) is 0 Å². The van der Waals surface area contributed by atoms with Crippen LogP contribution in [0.1, 0.15) is 136 Å². The summed E-state index contributed by atoms with van der Waals surface area (Å²) in [6.45, 7) is 1.95. The third kappa shape index (κ3) is 32.9. The number of carbonyl (C=O) groups excluding carboxylic acids is 2. The predicted molar refractivity (Wildman–Crippen MR) is 200 cm³/mol. The third-order valence-corrected chi connectivity index (χ3v) is 8.40. The second-order valence-corrected chi connectivity index (χ2v) is 13.6. The summed E-state index contributed by atoms with van der Waals surface area (Å²) in [4.78, 5) is 34.3. The van der Waals surface area contributed by atoms with Crippen molar-refractivity contribution in [3.05, 3.63) is 60.8 Å². The maximum Gasteiger partial charge on any atom is 0.472 e. The van der Waals surface area contributed by atoms with Crippen molar-refractivity contribution in [2.24, 2.45) is 0 Å². The van der Waals surface area contributed by atoms with E-state index < -0.39 is 58.4 Å². The van der Waals surface area contributed by atoms with Gasteiger partial charge >= 0.3 is 19.8 Å². The molecule has 0 aromatic carbocycles. The molecule has 50 heavy (non-hydrogen) atoms. The molecule has 0 rings (SSSR count). The number of hydrogen-bond acceptors (Lipinski definition) is 9. The molecule has 3 unspecified atom stereocenters. The highest BCUT2D eigenvalue weighted by Crippen LogP contribution is 2.43. The summed E-state index contributed by atoms with van der Waals surface area (Å²) in [5.41, 5.74) is 0. The van der Waals surface area contributed by atoms with Crippen LogP contribution in [0.25, 0.3) is 0 Å². The van der Waals surface area contributed by atoms with E-state index in [1.165, 1.54) is 0 Å². The standard InChI is InChI=1S/C39H67O10P/c1-3-5-7-9-11-13-15-16-17-18-19-20-21-23-25-27-29-31-39(43)49-37(33-41)35-47-50(44,45)46-34-36(32-40)48-38(42)30-28-26-24-22-14-12-10-8-6-4-2/h5,7-8,10-11,13,16-17,19-20,36-37,40-41H,3-4,6,9,12,14-15,18,21-35H2,1-2H3,(H,44,45)/b7-5-,10-8-,13-11-,17-16-,20-19-. The molecule has 0 bridgehead atoms. The Morgan fingerprint density at radius 3 is 1.38 bits per heavy atom. The normalized spacial score (nSPS) is 14.7. The van der Waals surface area contributed by atoms with E-state index in [0.29, 0.717) is 12.8 Å². The number of esters is 2. The molecule has 0 saturated heterocycles. The van der Waals surface area contributed by atoms with E-state index in [9.17, 15) is 29.3 Å². The van der Waals surface area contributed by atoms with Gasteiger partial charge in [0.25, 0.3) is 0 Å². The number of carbonyl (C=O) groups is 2. The zero-order chi connectivity index (χ0) is 37.0. The number of hydrogen-bond donors (Lipinski definition) is 3. The van der Waals surface area contributed by atoms with E-state index in [-0.39, 0.29) is 12.8 Å². The van der Waals surface area contributed by atoms with Crippen molar-refractivity contribution in [1.29, 1.82) is 0 Å². The lowest BCUT2D eigenvalue weighted by molar-refractivity contribution is -0.153. The fourth-order valence-electron chi connectivity index (χ4n) is 4.58. The van der Waals surface area contributed by atoms with Gasteiger partial charge in [-0.25, -0.2) is 4.57 Å². The fourth-order valence-corrected chi connectivity index (χ4v) is 5.36. The van der Waals surface area contributed by atoms with Gasteiger partial charge in [0.05, 0.1) is 26.4 Å². The molecule has 0 aliphatic carbocycles. The molecule has 0 heterocycles. The molecule has 3 N–H and O–H groups in total. The number of unbranched alkanes of at least 4 members (excludes halogenated alkanes) is 10. The molecule has 0 aromatic rings. The molecule has 10 nitrogen and oxygen atoms in total. The third-order valence-electron chi connectivity index (χ3n) is 7.44. The molecule has 0 aliphatic heterocycles. The van der Waals surface area contributed by atoms with Crippen molar-refractivity contribution in [1.82, 2.24) is 0 Å². The van der Waals surface area contributed by atoms with Crippen LogP contribution in [0.5, 0.6) is 0 Å². The first-order chi connectivity index (χ1) is 24.3. The highest BCUT2D eigenvalue weighted by atomic mass is 31.2. The van der Waals surface area contributed by atoms with Gasteiger partial charge in [-0.05, 0) is 70.6 Å². The molecule has 11 heteroatoms. The van der Waals surface area contributed by atoms with E-state index in [1.807, 2.05) is 0 Å². The Bertz CT molecular complexity index is 1020. The molecule has 0 aliphatic rings. The van der Waals surface area contributed by atoms with Gasteiger partial charge in [-0.2, -0.15) is 0 Å². The molecule has 0 amide bonds. The predicted octanol–water partition coefficient (Wildman–Crippen LogP) is 9.16. The van der Waals surface area contributed by atoms with Gasteiger partial charge in [0, 0.05) is 12.8 Å². The van der Waals surface area contributed by atoms with Crippen molar-refractivity contribution in [2.45, 2.75) is 148 Å². The summed E-state index contributed by atoms with van der Waals surface area (Å²) in [7, 11) is -4.64. The SMILES string of the molecule is CC/C=C\C/C=C\C/C=C\C/C=C\CCCCCCC(=O)OC(CO)COP(=O)(O)OCC(CO)OC(=O)CCCCCCC/C=C\CCC. The smallest absolute Gasteiger partial charge is 0.457 e. The Hall–Kier alpha value is -2.33. The van der Waals surface area contributed by atoms with Crippen LogP contribution in [0.4, 0.5) is 0 Å². The topological polar surface area (TPSA) is 149 Å². The second-order valence-electron chi connectivity index (χ2n) is 12.2. The van der Waals surface area contributed by atoms with Crippen LogP contribution in [0.3, 0.4) is 0 Å². The molecular formula is C39H67O10P. The van der Waals surface area contributed by atoms with Crippen molar-refractivity contribution >= 4 is 19.8 Å². The number of phosphoric ester groups is 1. The monoisotopic (exact) mass is 726 g/mol. The number of allylic oxidation sites excluding steroid dienone is 10. The Morgan fingerprint density at radius 1 is 0.560 bits per heavy atom. The lowest BCUT2D eigenvalue weighted by Crippen LogP contribution is -2.28. The largest absolute Gasteiger partial charge is 0.472 e. The van der Waals surface area contributed by atoms with Crippen LogP contribution in [0.2, 0.25) is 0 Å². The van der Waals surface area contributed by atoms with Gasteiger partial charge < -0.3 is 24.6 Å². The molecule has 288 valence electrons. The minimum absolute atomic E-state index is 0.161. The second kappa shape index (κ2) is 35.1. The highest BCUT2D eigenvalue weighted by molar-refractivity contribution is 7.47. The molecule has 0 radical (unpaired) electrons. The first kappa shape index (κ1) is 47.7. The Labute approximate surface area is 302 Å². The Morgan fingerprint density at radius 2 is 0.940 bits per heavy atom. The number of rotatable bonds is 34. The molecule has 0 spiro atoms. The number of aliphatic hydroxyl groups excluding tert-OH is 2. The quantitative estimate of drug-likeness (QED) is 0.0254. The Kier molecular flexibility index (Phi) is 33.5. The van der Waals surface area contributed by atoms with E-state index >= 15 is 0 Å². The van der Waals surface area contributed by atoms with Crippen molar-refractivity contribution in [3.8, 4) is 0 Å². The minimum Gasteiger partial charge on any atom is -0.457 e. The van der Waals surface area contributed by atoms with Gasteiger partial charge in [-0.1, -0.05) is 113 Å². The highest BCUT2D eigenvalue weighted by Gasteiger charge is 2.27.